The Hall–Kier alpha value is -0.940. The van der Waals surface area contributed by atoms with E-state index < -0.39 is 5.97 Å². The number of piperidine rings is 1. The van der Waals surface area contributed by atoms with Gasteiger partial charge in [0.1, 0.15) is 6.04 Å². The van der Waals surface area contributed by atoms with Crippen molar-refractivity contribution in [1.29, 1.82) is 0 Å². The molecule has 4 nitrogen and oxygen atoms in total. The summed E-state index contributed by atoms with van der Waals surface area (Å²) in [6, 6.07) is -0.323. The average Bonchev–Trinajstić information content (AvgIpc) is 2.82. The van der Waals surface area contributed by atoms with E-state index in [1.54, 1.807) is 16.8 Å². The van der Waals surface area contributed by atoms with Crippen LogP contribution in [0.1, 0.15) is 31.1 Å². The second-order valence-corrected chi connectivity index (χ2v) is 5.56. The van der Waals surface area contributed by atoms with Crippen molar-refractivity contribution in [3.63, 3.8) is 0 Å². The van der Waals surface area contributed by atoms with Crippen LogP contribution in [0.5, 0.6) is 0 Å². The molecule has 0 aromatic carbocycles. The topological polar surface area (TPSA) is 53.4 Å². The summed E-state index contributed by atoms with van der Waals surface area (Å²) in [5.74, 6) is -0.124. The normalized spacial score (nSPS) is 25.9. The Morgan fingerprint density at radius 2 is 2.53 bits per heavy atom. The minimum absolute atomic E-state index is 0.323. The Morgan fingerprint density at radius 1 is 1.71 bits per heavy atom. The maximum Gasteiger partial charge on any atom is 0.320 e. The lowest BCUT2D eigenvalue weighted by atomic mass is 9.89. The number of aliphatic carboxylic acids is 1. The summed E-state index contributed by atoms with van der Waals surface area (Å²) < 4.78 is 0. The van der Waals surface area contributed by atoms with Crippen LogP contribution in [0.25, 0.3) is 0 Å². The quantitative estimate of drug-likeness (QED) is 0.895. The van der Waals surface area contributed by atoms with Crippen molar-refractivity contribution in [2.24, 2.45) is 5.92 Å². The summed E-state index contributed by atoms with van der Waals surface area (Å²) in [5, 5.41) is 9.30. The molecule has 0 radical (unpaired) electrons. The number of thiazole rings is 1. The van der Waals surface area contributed by atoms with Gasteiger partial charge in [-0.3, -0.25) is 14.7 Å². The van der Waals surface area contributed by atoms with Crippen molar-refractivity contribution in [2.45, 2.75) is 38.8 Å². The molecule has 1 saturated heterocycles. The second-order valence-electron chi connectivity index (χ2n) is 4.59. The van der Waals surface area contributed by atoms with E-state index >= 15 is 0 Å². The van der Waals surface area contributed by atoms with Gasteiger partial charge in [-0.1, -0.05) is 13.3 Å². The lowest BCUT2D eigenvalue weighted by molar-refractivity contribution is -0.145. The van der Waals surface area contributed by atoms with E-state index in [2.05, 4.69) is 16.8 Å². The van der Waals surface area contributed by atoms with E-state index in [0.29, 0.717) is 5.92 Å². The lowest BCUT2D eigenvalue weighted by Gasteiger charge is -2.36. The molecule has 1 aliphatic rings. The number of carbonyl (C=O) groups is 1. The minimum atomic E-state index is -0.687. The fourth-order valence-electron chi connectivity index (χ4n) is 2.42. The van der Waals surface area contributed by atoms with Gasteiger partial charge in [-0.15, -0.1) is 11.3 Å². The van der Waals surface area contributed by atoms with Crippen LogP contribution in [0.3, 0.4) is 0 Å². The molecule has 94 valence electrons. The number of carboxylic acids is 1. The zero-order valence-corrected chi connectivity index (χ0v) is 10.8. The largest absolute Gasteiger partial charge is 0.480 e. The monoisotopic (exact) mass is 254 g/mol. The molecule has 17 heavy (non-hydrogen) atoms. The molecule has 1 fully saturated rings. The molecule has 0 bridgehead atoms. The van der Waals surface area contributed by atoms with Crippen molar-refractivity contribution < 1.29 is 9.90 Å². The highest BCUT2D eigenvalue weighted by atomic mass is 32.1. The zero-order valence-electron chi connectivity index (χ0n) is 10.0. The van der Waals surface area contributed by atoms with Crippen LogP contribution in [0.2, 0.25) is 0 Å². The average molecular weight is 254 g/mol. The third kappa shape index (κ3) is 3.04. The van der Waals surface area contributed by atoms with E-state index in [9.17, 15) is 9.90 Å². The van der Waals surface area contributed by atoms with Crippen molar-refractivity contribution in [3.8, 4) is 0 Å². The second kappa shape index (κ2) is 5.60. The number of rotatable bonds is 4. The van der Waals surface area contributed by atoms with E-state index in [-0.39, 0.29) is 6.04 Å². The highest BCUT2D eigenvalue weighted by molar-refractivity contribution is 7.09. The number of likely N-dealkylation sites (tertiary alicyclic amines) is 1. The molecule has 5 heteroatoms. The predicted octanol–water partition coefficient (Wildman–Crippen LogP) is 2.22. The molecule has 1 aromatic rings. The first-order chi connectivity index (χ1) is 8.20. The minimum Gasteiger partial charge on any atom is -0.480 e. The molecular weight excluding hydrogens is 236 g/mol. The van der Waals surface area contributed by atoms with Gasteiger partial charge in [-0.05, 0) is 25.3 Å². The summed E-state index contributed by atoms with van der Waals surface area (Å²) in [5.41, 5.74) is 1.80. The van der Waals surface area contributed by atoms with Crippen LogP contribution < -0.4 is 0 Å². The van der Waals surface area contributed by atoms with Gasteiger partial charge in [-0.25, -0.2) is 0 Å². The number of aromatic nitrogens is 1. The molecule has 2 unspecified atom stereocenters. The van der Waals surface area contributed by atoms with Gasteiger partial charge >= 0.3 is 5.97 Å². The molecule has 2 heterocycles. The zero-order chi connectivity index (χ0) is 12.3. The molecular formula is C12H18N2O2S. The standard InChI is InChI=1S/C12H18N2O2S/c1-2-9-3-4-14(11(5-9)12(15)16)7-10-6-13-8-17-10/h6,8-9,11H,2-5,7H2,1H3,(H,15,16). The molecule has 0 amide bonds. The number of hydrogen-bond donors (Lipinski definition) is 1. The molecule has 0 spiro atoms. The Kier molecular flexibility index (Phi) is 4.12. The first-order valence-electron chi connectivity index (χ1n) is 6.05. The highest BCUT2D eigenvalue weighted by Crippen LogP contribution is 2.27. The number of carboxylic acid groups (broad SMARTS) is 1. The Balaban J connectivity index is 2.02. The summed E-state index contributed by atoms with van der Waals surface area (Å²) in [6.07, 6.45) is 4.80. The molecule has 2 atom stereocenters. The Bertz CT molecular complexity index is 367. The van der Waals surface area contributed by atoms with Crippen LogP contribution in [0.15, 0.2) is 11.7 Å². The van der Waals surface area contributed by atoms with Crippen LogP contribution in [-0.4, -0.2) is 33.5 Å². The van der Waals surface area contributed by atoms with Gasteiger partial charge in [0.25, 0.3) is 0 Å². The molecule has 1 aromatic heterocycles. The number of nitrogens with zero attached hydrogens (tertiary/aromatic N) is 2. The molecule has 1 aliphatic heterocycles. The Labute approximate surface area is 105 Å². The van der Waals surface area contributed by atoms with E-state index in [1.807, 2.05) is 6.20 Å². The SMILES string of the molecule is CCC1CCN(Cc2cncs2)C(C(=O)O)C1. The molecule has 2 rings (SSSR count). The Morgan fingerprint density at radius 3 is 3.12 bits per heavy atom. The number of hydrogen-bond acceptors (Lipinski definition) is 4. The molecule has 1 N–H and O–H groups in total. The predicted molar refractivity (Wildman–Crippen MR) is 67.0 cm³/mol. The summed E-state index contributed by atoms with van der Waals surface area (Å²) in [7, 11) is 0. The fraction of sp³-hybridized carbons (Fsp3) is 0.667. The molecule has 0 aliphatic carbocycles. The molecule has 0 saturated carbocycles. The van der Waals surface area contributed by atoms with E-state index in [1.165, 1.54) is 0 Å². The van der Waals surface area contributed by atoms with Gasteiger partial charge in [-0.2, -0.15) is 0 Å². The lowest BCUT2D eigenvalue weighted by Crippen LogP contribution is -2.46. The van der Waals surface area contributed by atoms with Crippen molar-refractivity contribution in [2.75, 3.05) is 6.54 Å². The fourth-order valence-corrected chi connectivity index (χ4v) is 3.04. The maximum atomic E-state index is 11.3. The van der Waals surface area contributed by atoms with Gasteiger partial charge in [0, 0.05) is 17.6 Å². The van der Waals surface area contributed by atoms with Crippen molar-refractivity contribution in [1.82, 2.24) is 9.88 Å². The summed E-state index contributed by atoms with van der Waals surface area (Å²) >= 11 is 1.59. The van der Waals surface area contributed by atoms with Crippen LogP contribution in [0.4, 0.5) is 0 Å². The van der Waals surface area contributed by atoms with Crippen molar-refractivity contribution in [3.05, 3.63) is 16.6 Å². The summed E-state index contributed by atoms with van der Waals surface area (Å²) in [6.45, 7) is 3.74. The first kappa shape index (κ1) is 12.5. The van der Waals surface area contributed by atoms with Crippen molar-refractivity contribution >= 4 is 17.3 Å². The summed E-state index contributed by atoms with van der Waals surface area (Å²) in [4.78, 5) is 18.6. The van der Waals surface area contributed by atoms with Crippen LogP contribution in [0, 0.1) is 5.92 Å². The smallest absolute Gasteiger partial charge is 0.320 e. The van der Waals surface area contributed by atoms with E-state index in [0.717, 1.165) is 37.2 Å². The third-order valence-corrected chi connectivity index (χ3v) is 4.29. The van der Waals surface area contributed by atoms with Gasteiger partial charge < -0.3 is 5.11 Å². The highest BCUT2D eigenvalue weighted by Gasteiger charge is 2.32. The third-order valence-electron chi connectivity index (χ3n) is 3.53. The van der Waals surface area contributed by atoms with Crippen LogP contribution >= 0.6 is 11.3 Å². The van der Waals surface area contributed by atoms with Crippen LogP contribution in [-0.2, 0) is 11.3 Å². The van der Waals surface area contributed by atoms with Gasteiger partial charge in [0.2, 0.25) is 0 Å². The maximum absolute atomic E-state index is 11.3. The van der Waals surface area contributed by atoms with Gasteiger partial charge in [0.15, 0.2) is 0 Å². The first-order valence-corrected chi connectivity index (χ1v) is 6.93. The van der Waals surface area contributed by atoms with E-state index in [4.69, 9.17) is 0 Å². The van der Waals surface area contributed by atoms with Gasteiger partial charge in [0.05, 0.1) is 5.51 Å².